The van der Waals surface area contributed by atoms with E-state index in [-0.39, 0.29) is 5.91 Å². The van der Waals surface area contributed by atoms with Crippen molar-refractivity contribution >= 4 is 54.2 Å². The van der Waals surface area contributed by atoms with Crippen LogP contribution in [0.4, 0.5) is 5.13 Å². The first-order valence-corrected chi connectivity index (χ1v) is 8.72. The van der Waals surface area contributed by atoms with Gasteiger partial charge in [0.25, 0.3) is 5.91 Å². The maximum atomic E-state index is 12.2. The Morgan fingerprint density at radius 2 is 2.00 bits per heavy atom. The monoisotopic (exact) mass is 437 g/mol. The molecule has 7 heteroatoms. The highest BCUT2D eigenvalue weighted by Gasteiger charge is 2.11. The lowest BCUT2D eigenvalue weighted by atomic mass is 10.2. The molecule has 3 rings (SSSR count). The van der Waals surface area contributed by atoms with Crippen LogP contribution in [0.3, 0.4) is 0 Å². The van der Waals surface area contributed by atoms with Gasteiger partial charge < -0.3 is 0 Å². The number of halogens is 2. The molecule has 0 fully saturated rings. The zero-order valence-corrected chi connectivity index (χ0v) is 15.1. The summed E-state index contributed by atoms with van der Waals surface area (Å²) in [6.07, 6.45) is 3.15. The van der Waals surface area contributed by atoms with E-state index < -0.39 is 0 Å². The van der Waals surface area contributed by atoms with Gasteiger partial charge in [-0.2, -0.15) is 0 Å². The van der Waals surface area contributed by atoms with Gasteiger partial charge >= 0.3 is 0 Å². The molecule has 0 spiro atoms. The van der Waals surface area contributed by atoms with E-state index in [4.69, 9.17) is 0 Å². The number of anilines is 1. The minimum absolute atomic E-state index is 0.232. The molecule has 2 heterocycles. The smallest absolute Gasteiger partial charge is 0.259 e. The number of carbonyl (C=O) groups excluding carboxylic acids is 1. The third-order valence-corrected chi connectivity index (χ3v) is 4.50. The van der Waals surface area contributed by atoms with Gasteiger partial charge in [0.15, 0.2) is 5.13 Å². The molecule has 0 aliphatic carbocycles. The highest BCUT2D eigenvalue weighted by atomic mass is 79.9. The zero-order valence-electron chi connectivity index (χ0n) is 11.1. The largest absolute Gasteiger partial charge is 0.298 e. The Bertz CT molecular complexity index is 835. The highest BCUT2D eigenvalue weighted by Crippen LogP contribution is 2.27. The zero-order chi connectivity index (χ0) is 15.5. The van der Waals surface area contributed by atoms with E-state index >= 15 is 0 Å². The number of benzene rings is 1. The molecule has 22 heavy (non-hydrogen) atoms. The van der Waals surface area contributed by atoms with Crippen LogP contribution in [0.15, 0.2) is 57.1 Å². The summed E-state index contributed by atoms with van der Waals surface area (Å²) in [5.41, 5.74) is 2.30. The maximum absolute atomic E-state index is 12.2. The van der Waals surface area contributed by atoms with Crippen LogP contribution < -0.4 is 5.32 Å². The first-order chi connectivity index (χ1) is 10.6. The van der Waals surface area contributed by atoms with E-state index in [1.54, 1.807) is 12.3 Å². The molecule has 0 atom stereocenters. The number of nitrogens with zero attached hydrogens (tertiary/aromatic N) is 2. The molecule has 1 aromatic carbocycles. The van der Waals surface area contributed by atoms with Crippen molar-refractivity contribution in [3.05, 3.63) is 62.6 Å². The summed E-state index contributed by atoms with van der Waals surface area (Å²) in [4.78, 5) is 20.6. The molecule has 2 aromatic heterocycles. The summed E-state index contributed by atoms with van der Waals surface area (Å²) < 4.78 is 1.75. The molecule has 0 bridgehead atoms. The first-order valence-electron chi connectivity index (χ1n) is 6.25. The number of hydrogen-bond acceptors (Lipinski definition) is 4. The molecule has 1 N–H and O–H groups in total. The average molecular weight is 439 g/mol. The molecule has 0 unspecified atom stereocenters. The number of pyridine rings is 1. The Kier molecular flexibility index (Phi) is 4.66. The van der Waals surface area contributed by atoms with Crippen LogP contribution in [0.25, 0.3) is 11.3 Å². The summed E-state index contributed by atoms with van der Waals surface area (Å²) in [7, 11) is 0. The number of amides is 1. The number of thiazole rings is 1. The van der Waals surface area contributed by atoms with Crippen LogP contribution >= 0.6 is 43.2 Å². The molecular formula is C15H9Br2N3OS. The lowest BCUT2D eigenvalue weighted by Crippen LogP contribution is -2.11. The van der Waals surface area contributed by atoms with Crippen molar-refractivity contribution in [1.82, 2.24) is 9.97 Å². The summed E-state index contributed by atoms with van der Waals surface area (Å²) in [6.45, 7) is 0. The second kappa shape index (κ2) is 6.68. The molecular weight excluding hydrogens is 430 g/mol. The minimum atomic E-state index is -0.232. The molecule has 1 amide bonds. The molecule has 3 aromatic rings. The van der Waals surface area contributed by atoms with Crippen LogP contribution in [0.1, 0.15) is 10.4 Å². The predicted octanol–water partition coefficient (Wildman–Crippen LogP) is 4.98. The van der Waals surface area contributed by atoms with Gasteiger partial charge in [-0.05, 0) is 34.1 Å². The van der Waals surface area contributed by atoms with Gasteiger partial charge in [0.2, 0.25) is 0 Å². The molecule has 4 nitrogen and oxygen atoms in total. The lowest BCUT2D eigenvalue weighted by Gasteiger charge is -2.01. The Labute approximate surface area is 147 Å². The second-order valence-electron chi connectivity index (χ2n) is 4.39. The van der Waals surface area contributed by atoms with Gasteiger partial charge in [-0.25, -0.2) is 4.98 Å². The second-order valence-corrected chi connectivity index (χ2v) is 7.08. The van der Waals surface area contributed by atoms with Gasteiger partial charge in [-0.1, -0.05) is 28.1 Å². The number of nitrogens with one attached hydrogen (secondary N) is 1. The summed E-state index contributed by atoms with van der Waals surface area (Å²) >= 11 is 8.12. The van der Waals surface area contributed by atoms with Crippen molar-refractivity contribution in [1.29, 1.82) is 0 Å². The topological polar surface area (TPSA) is 54.9 Å². The molecule has 0 radical (unpaired) electrons. The lowest BCUT2D eigenvalue weighted by molar-refractivity contribution is 0.102. The van der Waals surface area contributed by atoms with Crippen LogP contribution in [0.2, 0.25) is 0 Å². The molecule has 0 aliphatic heterocycles. The standard InChI is InChI=1S/C15H9Br2N3OS/c16-11-3-1-2-9(4-11)13-8-22-15(19-13)20-14(21)10-5-12(17)7-18-6-10/h1-8H,(H,19,20,21). The van der Waals surface area contributed by atoms with Crippen molar-refractivity contribution in [3.63, 3.8) is 0 Å². The van der Waals surface area contributed by atoms with Crippen molar-refractivity contribution < 1.29 is 4.79 Å². The van der Waals surface area contributed by atoms with Gasteiger partial charge in [0.1, 0.15) is 0 Å². The number of carbonyl (C=O) groups is 1. The molecule has 0 saturated carbocycles. The summed E-state index contributed by atoms with van der Waals surface area (Å²) in [6, 6.07) is 9.58. The van der Waals surface area contributed by atoms with Crippen molar-refractivity contribution in [2.75, 3.05) is 5.32 Å². The van der Waals surface area contributed by atoms with E-state index in [2.05, 4.69) is 47.1 Å². The number of hydrogen-bond donors (Lipinski definition) is 1. The fraction of sp³-hybridized carbons (Fsp3) is 0. The summed E-state index contributed by atoms with van der Waals surface area (Å²) in [5, 5.41) is 5.25. The predicted molar refractivity (Wildman–Crippen MR) is 95.1 cm³/mol. The van der Waals surface area contributed by atoms with Crippen LogP contribution in [-0.4, -0.2) is 15.9 Å². The third kappa shape index (κ3) is 3.60. The Balaban J connectivity index is 1.78. The maximum Gasteiger partial charge on any atom is 0.259 e. The molecule has 0 aliphatic rings. The van der Waals surface area contributed by atoms with E-state index in [0.717, 1.165) is 20.2 Å². The number of rotatable bonds is 3. The fourth-order valence-corrected chi connectivity index (χ4v) is 3.30. The first kappa shape index (κ1) is 15.3. The van der Waals surface area contributed by atoms with Gasteiger partial charge in [0, 0.05) is 32.3 Å². The van der Waals surface area contributed by atoms with E-state index in [0.29, 0.717) is 10.7 Å². The van der Waals surface area contributed by atoms with Gasteiger partial charge in [-0.3, -0.25) is 15.1 Å². The average Bonchev–Trinajstić information content (AvgIpc) is 2.96. The highest BCUT2D eigenvalue weighted by molar-refractivity contribution is 9.10. The van der Waals surface area contributed by atoms with Crippen molar-refractivity contribution in [3.8, 4) is 11.3 Å². The van der Waals surface area contributed by atoms with Crippen LogP contribution in [-0.2, 0) is 0 Å². The normalized spacial score (nSPS) is 10.5. The van der Waals surface area contributed by atoms with E-state index in [9.17, 15) is 4.79 Å². The summed E-state index contributed by atoms with van der Waals surface area (Å²) in [5.74, 6) is -0.232. The van der Waals surface area contributed by atoms with Gasteiger partial charge in [0.05, 0.1) is 11.3 Å². The van der Waals surface area contributed by atoms with Crippen molar-refractivity contribution in [2.45, 2.75) is 0 Å². The SMILES string of the molecule is O=C(Nc1nc(-c2cccc(Br)c2)cs1)c1cncc(Br)c1. The van der Waals surface area contributed by atoms with Crippen LogP contribution in [0, 0.1) is 0 Å². The molecule has 110 valence electrons. The Morgan fingerprint density at radius 3 is 2.77 bits per heavy atom. The Morgan fingerprint density at radius 1 is 1.14 bits per heavy atom. The quantitative estimate of drug-likeness (QED) is 0.627. The fourth-order valence-electron chi connectivity index (χ4n) is 1.82. The molecule has 0 saturated heterocycles. The third-order valence-electron chi connectivity index (χ3n) is 2.81. The van der Waals surface area contributed by atoms with E-state index in [1.165, 1.54) is 17.5 Å². The van der Waals surface area contributed by atoms with Crippen LogP contribution in [0.5, 0.6) is 0 Å². The Hall–Kier alpha value is -1.57. The van der Waals surface area contributed by atoms with Gasteiger partial charge in [-0.15, -0.1) is 11.3 Å². The number of aromatic nitrogens is 2. The minimum Gasteiger partial charge on any atom is -0.298 e. The van der Waals surface area contributed by atoms with E-state index in [1.807, 2.05) is 29.6 Å². The van der Waals surface area contributed by atoms with Crippen molar-refractivity contribution in [2.24, 2.45) is 0 Å².